The summed E-state index contributed by atoms with van der Waals surface area (Å²) in [4.78, 5) is 15.5. The van der Waals surface area contributed by atoms with E-state index in [2.05, 4.69) is 10.1 Å². The molecule has 0 aliphatic carbocycles. The number of aromatic nitrogens is 3. The molecule has 0 aliphatic heterocycles. The minimum atomic E-state index is -0.203. The summed E-state index contributed by atoms with van der Waals surface area (Å²) >= 11 is 0. The van der Waals surface area contributed by atoms with Crippen molar-refractivity contribution in [2.75, 3.05) is 6.61 Å². The van der Waals surface area contributed by atoms with Crippen molar-refractivity contribution in [3.05, 3.63) is 42.9 Å². The largest absolute Gasteiger partial charge is 1.00 e. The van der Waals surface area contributed by atoms with Gasteiger partial charge in [0.05, 0.1) is 12.3 Å². The second kappa shape index (κ2) is 8.37. The highest BCUT2D eigenvalue weighted by atomic mass is 79.9. The van der Waals surface area contributed by atoms with Crippen molar-refractivity contribution < 1.29 is 31.2 Å². The first-order valence-corrected chi connectivity index (χ1v) is 6.22. The van der Waals surface area contributed by atoms with Gasteiger partial charge in [-0.1, -0.05) is 10.7 Å². The monoisotopic (exact) mass is 337 g/mol. The van der Waals surface area contributed by atoms with Crippen LogP contribution in [0.4, 0.5) is 0 Å². The number of pyridine rings is 1. The zero-order valence-electron chi connectivity index (χ0n) is 11.2. The lowest BCUT2D eigenvalue weighted by atomic mass is 10.2. The van der Waals surface area contributed by atoms with E-state index in [1.54, 1.807) is 24.0 Å². The Morgan fingerprint density at radius 3 is 2.80 bits per heavy atom. The summed E-state index contributed by atoms with van der Waals surface area (Å²) in [7, 11) is 0. The Morgan fingerprint density at radius 1 is 1.35 bits per heavy atom. The van der Waals surface area contributed by atoms with Crippen LogP contribution in [0.15, 0.2) is 42.9 Å². The normalized spacial score (nSPS) is 9.65. The summed E-state index contributed by atoms with van der Waals surface area (Å²) in [6.45, 7) is 2.72. The fraction of sp³-hybridized carbons (Fsp3) is 0.286. The molecular weight excluding hydrogens is 322 g/mol. The van der Waals surface area contributed by atoms with E-state index in [4.69, 9.17) is 4.74 Å². The lowest BCUT2D eigenvalue weighted by Crippen LogP contribution is -3.00. The molecule has 2 rings (SSSR count). The highest BCUT2D eigenvalue weighted by Crippen LogP contribution is 2.12. The topological polar surface area (TPSA) is 56.0 Å². The molecule has 20 heavy (non-hydrogen) atoms. The second-order valence-corrected chi connectivity index (χ2v) is 3.95. The summed E-state index contributed by atoms with van der Waals surface area (Å²) in [6.07, 6.45) is 5.66. The van der Waals surface area contributed by atoms with Crippen LogP contribution in [0.1, 0.15) is 13.3 Å². The smallest absolute Gasteiger partial charge is 0.312 e. The maximum Gasteiger partial charge on any atom is 0.312 e. The molecule has 0 N–H and O–H groups in total. The van der Waals surface area contributed by atoms with Crippen molar-refractivity contribution in [3.63, 3.8) is 0 Å². The molecule has 0 fully saturated rings. The van der Waals surface area contributed by atoms with Gasteiger partial charge in [-0.3, -0.25) is 9.78 Å². The van der Waals surface area contributed by atoms with Crippen molar-refractivity contribution in [2.24, 2.45) is 0 Å². The Morgan fingerprint density at radius 2 is 2.20 bits per heavy atom. The van der Waals surface area contributed by atoms with Gasteiger partial charge >= 0.3 is 5.97 Å². The van der Waals surface area contributed by atoms with Gasteiger partial charge in [0.15, 0.2) is 12.7 Å². The van der Waals surface area contributed by atoms with Crippen LogP contribution in [0.3, 0.4) is 0 Å². The molecule has 0 spiro atoms. The van der Waals surface area contributed by atoms with Gasteiger partial charge in [0.1, 0.15) is 12.6 Å². The molecule has 0 aromatic carbocycles. The summed E-state index contributed by atoms with van der Waals surface area (Å²) in [5.74, 6) is -0.203. The fourth-order valence-corrected chi connectivity index (χ4v) is 1.64. The van der Waals surface area contributed by atoms with Crippen LogP contribution in [0.5, 0.6) is 0 Å². The summed E-state index contributed by atoms with van der Waals surface area (Å²) in [6, 6.07) is 7.67. The molecule has 0 bridgehead atoms. The number of rotatable bonds is 5. The minimum Gasteiger partial charge on any atom is -1.00 e. The Balaban J connectivity index is 0.00000200. The first-order valence-electron chi connectivity index (χ1n) is 6.22. The third-order valence-electron chi connectivity index (χ3n) is 2.58. The van der Waals surface area contributed by atoms with Crippen LogP contribution < -0.4 is 21.7 Å². The van der Waals surface area contributed by atoms with Gasteiger partial charge in [-0.2, -0.15) is 0 Å². The second-order valence-electron chi connectivity index (χ2n) is 3.95. The molecule has 0 saturated carbocycles. The van der Waals surface area contributed by atoms with Gasteiger partial charge < -0.3 is 21.7 Å². The molecule has 2 heterocycles. The van der Waals surface area contributed by atoms with Gasteiger partial charge in [0.2, 0.25) is 0 Å². The third-order valence-corrected chi connectivity index (χ3v) is 2.58. The van der Waals surface area contributed by atoms with E-state index in [1.165, 1.54) is 0 Å². The van der Waals surface area contributed by atoms with Crippen LogP contribution in [-0.2, 0) is 16.1 Å². The average molecular weight is 338 g/mol. The van der Waals surface area contributed by atoms with Crippen molar-refractivity contribution >= 4 is 5.97 Å². The molecule has 2 aromatic rings. The lowest BCUT2D eigenvalue weighted by Gasteiger charge is -1.99. The van der Waals surface area contributed by atoms with E-state index in [9.17, 15) is 4.79 Å². The van der Waals surface area contributed by atoms with E-state index in [0.29, 0.717) is 19.6 Å². The number of hydrogen-bond acceptors (Lipinski definition) is 4. The number of aryl methyl sites for hydroxylation is 1. The maximum atomic E-state index is 11.2. The lowest BCUT2D eigenvalue weighted by molar-refractivity contribution is -0.752. The van der Waals surface area contributed by atoms with Crippen molar-refractivity contribution in [2.45, 2.75) is 19.9 Å². The molecule has 0 aliphatic rings. The predicted octanol–water partition coefficient (Wildman–Crippen LogP) is -1.61. The average Bonchev–Trinajstić information content (AvgIpc) is 2.47. The molecule has 0 unspecified atom stereocenters. The number of carbonyl (C=O) groups is 1. The Hall–Kier alpha value is -1.82. The van der Waals surface area contributed by atoms with Gasteiger partial charge in [-0.25, -0.2) is 0 Å². The molecule has 5 nitrogen and oxygen atoms in total. The molecule has 0 radical (unpaired) electrons. The zero-order valence-corrected chi connectivity index (χ0v) is 12.8. The van der Waals surface area contributed by atoms with Gasteiger partial charge in [-0.05, 0) is 24.2 Å². The number of ether oxygens (including phenoxy) is 1. The first-order chi connectivity index (χ1) is 9.29. The number of esters is 1. The third kappa shape index (κ3) is 4.70. The molecule has 0 amide bonds. The van der Waals surface area contributed by atoms with Crippen LogP contribution in [-0.4, -0.2) is 22.7 Å². The number of halogens is 1. The van der Waals surface area contributed by atoms with Crippen LogP contribution in [0.2, 0.25) is 0 Å². The fourth-order valence-electron chi connectivity index (χ4n) is 1.64. The van der Waals surface area contributed by atoms with Crippen LogP contribution in [0, 0.1) is 0 Å². The quantitative estimate of drug-likeness (QED) is 0.486. The van der Waals surface area contributed by atoms with Gasteiger partial charge in [-0.15, -0.1) is 0 Å². The van der Waals surface area contributed by atoms with Crippen LogP contribution in [0.25, 0.3) is 11.3 Å². The molecule has 106 valence electrons. The van der Waals surface area contributed by atoms with E-state index in [-0.39, 0.29) is 23.0 Å². The highest BCUT2D eigenvalue weighted by molar-refractivity contribution is 5.68. The Labute approximate surface area is 128 Å². The first kappa shape index (κ1) is 16.2. The number of nitrogens with zero attached hydrogens (tertiary/aromatic N) is 3. The van der Waals surface area contributed by atoms with Crippen molar-refractivity contribution in [1.29, 1.82) is 0 Å². The summed E-state index contributed by atoms with van der Waals surface area (Å²) in [5, 5.41) is 4.26. The van der Waals surface area contributed by atoms with Crippen molar-refractivity contribution in [1.82, 2.24) is 10.1 Å². The van der Waals surface area contributed by atoms with Crippen LogP contribution >= 0.6 is 0 Å². The van der Waals surface area contributed by atoms with E-state index >= 15 is 0 Å². The highest BCUT2D eigenvalue weighted by Gasteiger charge is 2.09. The Kier molecular flexibility index (Phi) is 6.79. The zero-order chi connectivity index (χ0) is 13.5. The SMILES string of the molecule is CCOC(=O)CC[n+]1ccc(-c2ccccn2)cn1.[Br-]. The van der Waals surface area contributed by atoms with E-state index < -0.39 is 0 Å². The molecule has 0 saturated heterocycles. The summed E-state index contributed by atoms with van der Waals surface area (Å²) in [5.41, 5.74) is 1.83. The van der Waals surface area contributed by atoms with Gasteiger partial charge in [0.25, 0.3) is 0 Å². The minimum absolute atomic E-state index is 0. The predicted molar refractivity (Wildman–Crippen MR) is 68.9 cm³/mol. The maximum absolute atomic E-state index is 11.2. The Bertz CT molecular complexity index is 532. The van der Waals surface area contributed by atoms with E-state index in [1.807, 2.05) is 30.5 Å². The number of hydrogen-bond donors (Lipinski definition) is 0. The standard InChI is InChI=1S/C14H16N3O2.BrH/c1-2-19-14(18)7-10-17-9-6-12(11-16-17)13-5-3-4-8-15-13;/h3-6,8-9,11H,2,7,10H2,1H3;1H/q+1;/p-1. The number of carbonyl (C=O) groups excluding carboxylic acids is 1. The molecule has 6 heteroatoms. The molecule has 0 atom stereocenters. The summed E-state index contributed by atoms with van der Waals surface area (Å²) < 4.78 is 6.58. The van der Waals surface area contributed by atoms with Gasteiger partial charge in [0, 0.05) is 17.8 Å². The molecular formula is C14H16BrN3O2. The molecule has 2 aromatic heterocycles. The van der Waals surface area contributed by atoms with Crippen molar-refractivity contribution in [3.8, 4) is 11.3 Å². The van der Waals surface area contributed by atoms with E-state index in [0.717, 1.165) is 11.3 Å².